The normalized spacial score (nSPS) is 9.80. The zero-order chi connectivity index (χ0) is 7.72. The topological polar surface area (TPSA) is 26.0 Å². The van der Waals surface area contributed by atoms with E-state index in [1.54, 1.807) is 0 Å². The summed E-state index contributed by atoms with van der Waals surface area (Å²) in [5.74, 6) is 0. The summed E-state index contributed by atoms with van der Waals surface area (Å²) in [7, 11) is 5.57. The van der Waals surface area contributed by atoms with Crippen LogP contribution in [0.4, 0.5) is 5.69 Å². The number of benzene rings is 1. The van der Waals surface area contributed by atoms with Gasteiger partial charge in [0, 0.05) is 5.69 Å². The zero-order valence-electron chi connectivity index (χ0n) is 6.31. The van der Waals surface area contributed by atoms with Gasteiger partial charge in [0.1, 0.15) is 7.85 Å². The van der Waals surface area contributed by atoms with Crippen molar-refractivity contribution in [3.05, 3.63) is 23.3 Å². The van der Waals surface area contributed by atoms with E-state index in [4.69, 9.17) is 13.6 Å². The molecule has 1 rings (SSSR count). The monoisotopic (exact) mass is 131 g/mol. The molecule has 0 aromatic heterocycles. The molecule has 1 aromatic rings. The average molecular weight is 131 g/mol. The first-order valence-corrected chi connectivity index (χ1v) is 3.23. The van der Waals surface area contributed by atoms with Crippen LogP contribution >= 0.6 is 0 Å². The van der Waals surface area contributed by atoms with Crippen molar-refractivity contribution in [1.29, 1.82) is 0 Å². The lowest BCUT2D eigenvalue weighted by Gasteiger charge is -2.04. The highest BCUT2D eigenvalue weighted by molar-refractivity contribution is 6.32. The first-order valence-electron chi connectivity index (χ1n) is 3.23. The molecule has 0 saturated carbocycles. The molecule has 0 atom stereocenters. The lowest BCUT2D eigenvalue weighted by atomic mass is 9.92. The maximum absolute atomic E-state index is 5.70. The highest BCUT2D eigenvalue weighted by Gasteiger charge is 1.96. The van der Waals surface area contributed by atoms with E-state index in [1.807, 2.05) is 26.0 Å². The molecular formula is C8H10BN. The molecule has 0 saturated heterocycles. The summed E-state index contributed by atoms with van der Waals surface area (Å²) in [6, 6.07) is 3.75. The van der Waals surface area contributed by atoms with Gasteiger partial charge in [0.2, 0.25) is 0 Å². The maximum Gasteiger partial charge on any atom is 0.113 e. The van der Waals surface area contributed by atoms with Gasteiger partial charge in [-0.15, -0.1) is 0 Å². The van der Waals surface area contributed by atoms with E-state index in [1.165, 1.54) is 0 Å². The lowest BCUT2D eigenvalue weighted by molar-refractivity contribution is 1.41. The van der Waals surface area contributed by atoms with E-state index >= 15 is 0 Å². The van der Waals surface area contributed by atoms with Crippen LogP contribution in [0.2, 0.25) is 0 Å². The van der Waals surface area contributed by atoms with Crippen LogP contribution in [0.1, 0.15) is 11.1 Å². The summed E-state index contributed by atoms with van der Waals surface area (Å²) in [6.45, 7) is 3.91. The van der Waals surface area contributed by atoms with Crippen LogP contribution in [0.5, 0.6) is 0 Å². The minimum absolute atomic E-state index is 0.782. The summed E-state index contributed by atoms with van der Waals surface area (Å²) in [5, 5.41) is 0. The second-order valence-corrected chi connectivity index (χ2v) is 2.57. The van der Waals surface area contributed by atoms with Crippen LogP contribution in [0, 0.1) is 13.8 Å². The Morgan fingerprint density at radius 1 is 1.20 bits per heavy atom. The molecule has 2 heteroatoms. The quantitative estimate of drug-likeness (QED) is 0.406. The number of nitrogen functional groups attached to an aromatic ring is 1. The summed E-state index contributed by atoms with van der Waals surface area (Å²) in [6.07, 6.45) is 0. The summed E-state index contributed by atoms with van der Waals surface area (Å²) >= 11 is 0. The number of anilines is 1. The predicted octanol–water partition coefficient (Wildman–Crippen LogP) is 0.679. The van der Waals surface area contributed by atoms with Gasteiger partial charge in [0.25, 0.3) is 0 Å². The largest absolute Gasteiger partial charge is 0.398 e. The molecule has 50 valence electrons. The third kappa shape index (κ3) is 1.15. The molecule has 0 spiro atoms. The highest BCUT2D eigenvalue weighted by Crippen LogP contribution is 2.12. The van der Waals surface area contributed by atoms with Crippen molar-refractivity contribution in [2.75, 3.05) is 5.73 Å². The molecular weight excluding hydrogens is 121 g/mol. The molecule has 0 bridgehead atoms. The lowest BCUT2D eigenvalue weighted by Crippen LogP contribution is -2.06. The fourth-order valence-electron chi connectivity index (χ4n) is 1.01. The molecule has 0 unspecified atom stereocenters. The summed E-state index contributed by atoms with van der Waals surface area (Å²) in [5.41, 5.74) is 9.43. The smallest absolute Gasteiger partial charge is 0.113 e. The fraction of sp³-hybridized carbons (Fsp3) is 0.250. The number of nitrogens with two attached hydrogens (primary N) is 1. The molecule has 0 aliphatic carbocycles. The molecule has 0 amide bonds. The number of hydrogen-bond acceptors (Lipinski definition) is 1. The van der Waals surface area contributed by atoms with Crippen molar-refractivity contribution >= 4 is 19.0 Å². The van der Waals surface area contributed by atoms with Crippen molar-refractivity contribution in [3.63, 3.8) is 0 Å². The second kappa shape index (κ2) is 2.37. The average Bonchev–Trinajstić information content (AvgIpc) is 1.82. The van der Waals surface area contributed by atoms with Gasteiger partial charge < -0.3 is 5.73 Å². The molecule has 1 nitrogen and oxygen atoms in total. The summed E-state index contributed by atoms with van der Waals surface area (Å²) in [4.78, 5) is 0. The molecule has 10 heavy (non-hydrogen) atoms. The van der Waals surface area contributed by atoms with Crippen LogP contribution in [-0.2, 0) is 0 Å². The second-order valence-electron chi connectivity index (χ2n) is 2.57. The van der Waals surface area contributed by atoms with Crippen LogP contribution in [0.3, 0.4) is 0 Å². The molecule has 2 N–H and O–H groups in total. The zero-order valence-corrected chi connectivity index (χ0v) is 6.31. The Morgan fingerprint density at radius 2 is 1.60 bits per heavy atom. The Balaban J connectivity index is 3.31. The van der Waals surface area contributed by atoms with Gasteiger partial charge in [-0.05, 0) is 25.0 Å². The van der Waals surface area contributed by atoms with Crippen LogP contribution in [0.15, 0.2) is 12.1 Å². The Bertz CT molecular complexity index is 232. The van der Waals surface area contributed by atoms with Gasteiger partial charge in [-0.3, -0.25) is 0 Å². The van der Waals surface area contributed by atoms with Crippen LogP contribution in [0.25, 0.3) is 0 Å². The molecule has 0 aliphatic heterocycles. The van der Waals surface area contributed by atoms with Crippen molar-refractivity contribution in [2.24, 2.45) is 0 Å². The number of hydrogen-bond donors (Lipinski definition) is 1. The van der Waals surface area contributed by atoms with Gasteiger partial charge in [-0.25, -0.2) is 0 Å². The van der Waals surface area contributed by atoms with E-state index in [9.17, 15) is 0 Å². The first-order chi connectivity index (χ1) is 4.61. The summed E-state index contributed by atoms with van der Waals surface area (Å²) < 4.78 is 0. The van der Waals surface area contributed by atoms with E-state index in [2.05, 4.69) is 0 Å². The van der Waals surface area contributed by atoms with Crippen molar-refractivity contribution in [3.8, 4) is 0 Å². The molecule has 0 aliphatic rings. The van der Waals surface area contributed by atoms with Crippen LogP contribution in [-0.4, -0.2) is 7.85 Å². The minimum Gasteiger partial charge on any atom is -0.398 e. The molecule has 2 radical (unpaired) electrons. The molecule has 0 fully saturated rings. The van der Waals surface area contributed by atoms with Crippen LogP contribution < -0.4 is 11.2 Å². The standard InChI is InChI=1S/C8H10BN/c1-5-3-7(9)4-6(2)8(5)10/h3-4H,10H2,1-2H3. The van der Waals surface area contributed by atoms with E-state index in [-0.39, 0.29) is 0 Å². The third-order valence-corrected chi connectivity index (χ3v) is 1.62. The molecule has 1 aromatic carbocycles. The van der Waals surface area contributed by atoms with Gasteiger partial charge >= 0.3 is 0 Å². The van der Waals surface area contributed by atoms with E-state index in [0.717, 1.165) is 22.3 Å². The fourth-order valence-corrected chi connectivity index (χ4v) is 1.01. The maximum atomic E-state index is 5.70. The number of aryl methyl sites for hydroxylation is 2. The minimum atomic E-state index is 0.782. The third-order valence-electron chi connectivity index (χ3n) is 1.62. The van der Waals surface area contributed by atoms with Gasteiger partial charge in [0.05, 0.1) is 0 Å². The first kappa shape index (κ1) is 7.20. The Hall–Kier alpha value is -0.915. The van der Waals surface area contributed by atoms with E-state index in [0.29, 0.717) is 0 Å². The van der Waals surface area contributed by atoms with Crippen molar-refractivity contribution < 1.29 is 0 Å². The highest BCUT2D eigenvalue weighted by atomic mass is 14.6. The Morgan fingerprint density at radius 3 is 2.00 bits per heavy atom. The Kier molecular flexibility index (Phi) is 1.71. The van der Waals surface area contributed by atoms with Gasteiger partial charge in [0.15, 0.2) is 0 Å². The predicted molar refractivity (Wildman–Crippen MR) is 45.7 cm³/mol. The van der Waals surface area contributed by atoms with Gasteiger partial charge in [-0.2, -0.15) is 0 Å². The Labute approximate surface area is 62.7 Å². The van der Waals surface area contributed by atoms with E-state index < -0.39 is 0 Å². The van der Waals surface area contributed by atoms with Gasteiger partial charge in [-0.1, -0.05) is 17.6 Å². The molecule has 0 heterocycles. The van der Waals surface area contributed by atoms with Crippen molar-refractivity contribution in [1.82, 2.24) is 0 Å². The SMILES string of the molecule is [B]c1cc(C)c(N)c(C)c1. The number of rotatable bonds is 0. The van der Waals surface area contributed by atoms with Crippen molar-refractivity contribution in [2.45, 2.75) is 13.8 Å².